The first-order valence-electron chi connectivity index (χ1n) is 7.12. The Hall–Kier alpha value is -1.71. The minimum Gasteiger partial charge on any atom is -0.493 e. The lowest BCUT2D eigenvalue weighted by molar-refractivity contribution is -0.148. The molecule has 110 valence electrons. The smallest absolute Gasteiger partial charge is 0.308 e. The van der Waals surface area contributed by atoms with Crippen molar-refractivity contribution >= 4 is 5.97 Å². The van der Waals surface area contributed by atoms with Gasteiger partial charge in [-0.15, -0.1) is 0 Å². The van der Waals surface area contributed by atoms with Gasteiger partial charge in [0.25, 0.3) is 0 Å². The molecule has 0 saturated heterocycles. The molecule has 1 aromatic rings. The predicted octanol–water partition coefficient (Wildman–Crippen LogP) is 2.98. The van der Waals surface area contributed by atoms with Gasteiger partial charge >= 0.3 is 5.97 Å². The first-order valence-corrected chi connectivity index (χ1v) is 7.12. The van der Waals surface area contributed by atoms with E-state index in [1.807, 2.05) is 18.2 Å². The van der Waals surface area contributed by atoms with Crippen molar-refractivity contribution < 1.29 is 19.0 Å². The quantitative estimate of drug-likeness (QED) is 0.750. The normalized spacial score (nSPS) is 15.1. The van der Waals surface area contributed by atoms with Gasteiger partial charge in [-0.2, -0.15) is 0 Å². The summed E-state index contributed by atoms with van der Waals surface area (Å²) < 4.78 is 15.8. The van der Waals surface area contributed by atoms with Gasteiger partial charge in [0.1, 0.15) is 0 Å². The SMILES string of the molecule is COc1ccc(CCOC(=O)C2CCCC2)cc1OC. The van der Waals surface area contributed by atoms with Crippen LogP contribution in [0.2, 0.25) is 0 Å². The van der Waals surface area contributed by atoms with Gasteiger partial charge in [-0.25, -0.2) is 0 Å². The molecule has 0 atom stereocenters. The Bertz CT molecular complexity index is 450. The number of esters is 1. The minimum atomic E-state index is -0.0389. The van der Waals surface area contributed by atoms with E-state index in [9.17, 15) is 4.79 Å². The molecule has 0 radical (unpaired) electrons. The van der Waals surface area contributed by atoms with Crippen LogP contribution in [0.3, 0.4) is 0 Å². The highest BCUT2D eigenvalue weighted by Crippen LogP contribution is 2.28. The van der Waals surface area contributed by atoms with Crippen LogP contribution >= 0.6 is 0 Å². The van der Waals surface area contributed by atoms with Crippen molar-refractivity contribution in [2.45, 2.75) is 32.1 Å². The van der Waals surface area contributed by atoms with E-state index in [0.29, 0.717) is 24.5 Å². The van der Waals surface area contributed by atoms with Crippen LogP contribution in [-0.4, -0.2) is 26.8 Å². The summed E-state index contributed by atoms with van der Waals surface area (Å²) >= 11 is 0. The minimum absolute atomic E-state index is 0.0389. The van der Waals surface area contributed by atoms with Gasteiger partial charge in [0, 0.05) is 6.42 Å². The van der Waals surface area contributed by atoms with E-state index < -0.39 is 0 Å². The van der Waals surface area contributed by atoms with Crippen LogP contribution < -0.4 is 9.47 Å². The molecule has 1 aliphatic carbocycles. The van der Waals surface area contributed by atoms with E-state index in [0.717, 1.165) is 31.2 Å². The Morgan fingerprint density at radius 2 is 1.85 bits per heavy atom. The average molecular weight is 278 g/mol. The van der Waals surface area contributed by atoms with Crippen LogP contribution in [0.15, 0.2) is 18.2 Å². The number of benzene rings is 1. The summed E-state index contributed by atoms with van der Waals surface area (Å²) in [4.78, 5) is 11.8. The molecule has 2 rings (SSSR count). The Balaban J connectivity index is 1.83. The molecule has 0 aliphatic heterocycles. The highest BCUT2D eigenvalue weighted by Gasteiger charge is 2.23. The molecule has 1 aromatic carbocycles. The van der Waals surface area contributed by atoms with Crippen molar-refractivity contribution in [1.29, 1.82) is 0 Å². The molecule has 0 aromatic heterocycles. The van der Waals surface area contributed by atoms with Crippen molar-refractivity contribution in [3.63, 3.8) is 0 Å². The average Bonchev–Trinajstić information content (AvgIpc) is 3.01. The summed E-state index contributed by atoms with van der Waals surface area (Å²) in [5.74, 6) is 1.50. The lowest BCUT2D eigenvalue weighted by atomic mass is 10.1. The van der Waals surface area contributed by atoms with E-state index in [4.69, 9.17) is 14.2 Å². The van der Waals surface area contributed by atoms with Gasteiger partial charge in [-0.1, -0.05) is 18.9 Å². The largest absolute Gasteiger partial charge is 0.493 e. The van der Waals surface area contributed by atoms with Crippen LogP contribution in [0.1, 0.15) is 31.2 Å². The molecule has 0 N–H and O–H groups in total. The fourth-order valence-electron chi connectivity index (χ4n) is 2.58. The molecule has 0 bridgehead atoms. The number of methoxy groups -OCH3 is 2. The van der Waals surface area contributed by atoms with Crippen LogP contribution in [0, 0.1) is 5.92 Å². The van der Waals surface area contributed by atoms with Crippen LogP contribution in [0.4, 0.5) is 0 Å². The first-order chi connectivity index (χ1) is 9.74. The van der Waals surface area contributed by atoms with Gasteiger partial charge in [0.15, 0.2) is 11.5 Å². The lowest BCUT2D eigenvalue weighted by Gasteiger charge is -2.11. The van der Waals surface area contributed by atoms with Crippen LogP contribution in [0.25, 0.3) is 0 Å². The highest BCUT2D eigenvalue weighted by molar-refractivity contribution is 5.72. The van der Waals surface area contributed by atoms with Gasteiger partial charge in [0.05, 0.1) is 26.7 Å². The van der Waals surface area contributed by atoms with Crippen molar-refractivity contribution in [3.8, 4) is 11.5 Å². The van der Waals surface area contributed by atoms with Gasteiger partial charge in [-0.05, 0) is 30.5 Å². The molecule has 4 nitrogen and oxygen atoms in total. The zero-order valence-electron chi connectivity index (χ0n) is 12.2. The van der Waals surface area contributed by atoms with E-state index in [1.54, 1.807) is 14.2 Å². The second-order valence-electron chi connectivity index (χ2n) is 5.09. The van der Waals surface area contributed by atoms with Crippen molar-refractivity contribution in [2.75, 3.05) is 20.8 Å². The molecular formula is C16H22O4. The maximum atomic E-state index is 11.8. The van der Waals surface area contributed by atoms with Crippen LogP contribution in [0.5, 0.6) is 11.5 Å². The predicted molar refractivity (Wildman–Crippen MR) is 76.2 cm³/mol. The Labute approximate surface area is 120 Å². The Kier molecular flexibility index (Phi) is 5.27. The van der Waals surface area contributed by atoms with Gasteiger partial charge in [-0.3, -0.25) is 4.79 Å². The van der Waals surface area contributed by atoms with Gasteiger partial charge < -0.3 is 14.2 Å². The van der Waals surface area contributed by atoms with Crippen molar-refractivity contribution in [2.24, 2.45) is 5.92 Å². The second-order valence-corrected chi connectivity index (χ2v) is 5.09. The molecule has 20 heavy (non-hydrogen) atoms. The topological polar surface area (TPSA) is 44.8 Å². The van der Waals surface area contributed by atoms with Crippen molar-refractivity contribution in [3.05, 3.63) is 23.8 Å². The summed E-state index contributed by atoms with van der Waals surface area (Å²) in [5.41, 5.74) is 1.07. The number of carbonyl (C=O) groups excluding carboxylic acids is 1. The monoisotopic (exact) mass is 278 g/mol. The fraction of sp³-hybridized carbons (Fsp3) is 0.562. The summed E-state index contributed by atoms with van der Waals surface area (Å²) in [5, 5.41) is 0. The molecule has 0 amide bonds. The molecular weight excluding hydrogens is 256 g/mol. The highest BCUT2D eigenvalue weighted by atomic mass is 16.5. The molecule has 1 fully saturated rings. The van der Waals surface area contributed by atoms with E-state index in [2.05, 4.69) is 0 Å². The zero-order valence-corrected chi connectivity index (χ0v) is 12.2. The summed E-state index contributed by atoms with van der Waals surface area (Å²) in [6.45, 7) is 0.421. The molecule has 4 heteroatoms. The zero-order chi connectivity index (χ0) is 14.4. The number of carbonyl (C=O) groups is 1. The third kappa shape index (κ3) is 3.65. The Morgan fingerprint density at radius 1 is 1.15 bits per heavy atom. The standard InChI is InChI=1S/C16H22O4/c1-18-14-8-7-12(11-15(14)19-2)9-10-20-16(17)13-5-3-4-6-13/h7-8,11,13H,3-6,9-10H2,1-2H3. The van der Waals surface area contributed by atoms with E-state index >= 15 is 0 Å². The molecule has 1 aliphatic rings. The fourth-order valence-corrected chi connectivity index (χ4v) is 2.58. The van der Waals surface area contributed by atoms with Crippen molar-refractivity contribution in [1.82, 2.24) is 0 Å². The Morgan fingerprint density at radius 3 is 2.50 bits per heavy atom. The maximum Gasteiger partial charge on any atom is 0.308 e. The number of hydrogen-bond donors (Lipinski definition) is 0. The summed E-state index contributed by atoms with van der Waals surface area (Å²) in [7, 11) is 3.22. The third-order valence-electron chi connectivity index (χ3n) is 3.77. The number of hydrogen-bond acceptors (Lipinski definition) is 4. The molecule has 0 unspecified atom stereocenters. The van der Waals surface area contributed by atoms with Gasteiger partial charge in [0.2, 0.25) is 0 Å². The van der Waals surface area contributed by atoms with E-state index in [-0.39, 0.29) is 11.9 Å². The van der Waals surface area contributed by atoms with E-state index in [1.165, 1.54) is 0 Å². The lowest BCUT2D eigenvalue weighted by Crippen LogP contribution is -2.16. The molecule has 1 saturated carbocycles. The first kappa shape index (κ1) is 14.7. The second kappa shape index (κ2) is 7.17. The molecule has 0 heterocycles. The van der Waals surface area contributed by atoms with Crippen LogP contribution in [-0.2, 0) is 16.0 Å². The third-order valence-corrected chi connectivity index (χ3v) is 3.77. The number of ether oxygens (including phenoxy) is 3. The number of rotatable bonds is 6. The summed E-state index contributed by atoms with van der Waals surface area (Å²) in [6, 6.07) is 5.75. The maximum absolute atomic E-state index is 11.8. The summed E-state index contributed by atoms with van der Waals surface area (Å²) in [6.07, 6.45) is 4.95. The molecule has 0 spiro atoms.